The number of hydrogen-bond donors (Lipinski definition) is 2. The molecular formula is C25H18F2N4O. The van der Waals surface area contributed by atoms with Crippen LogP contribution in [0.3, 0.4) is 0 Å². The number of anilines is 1. The number of nitrogens with zero attached hydrogens (tertiary/aromatic N) is 2. The fourth-order valence-corrected chi connectivity index (χ4v) is 3.65. The minimum atomic E-state index is -0.432. The van der Waals surface area contributed by atoms with Gasteiger partial charge in [0.2, 0.25) is 0 Å². The van der Waals surface area contributed by atoms with Crippen molar-refractivity contribution in [3.63, 3.8) is 0 Å². The van der Waals surface area contributed by atoms with Crippen LogP contribution in [0.15, 0.2) is 85.2 Å². The highest BCUT2D eigenvalue weighted by Gasteiger charge is 2.19. The van der Waals surface area contributed by atoms with Gasteiger partial charge in [0.1, 0.15) is 28.8 Å². The Hall–Kier alpha value is -4.26. The lowest BCUT2D eigenvalue weighted by molar-refractivity contribution is 0.102. The van der Waals surface area contributed by atoms with Crippen molar-refractivity contribution in [1.29, 1.82) is 0 Å². The zero-order valence-corrected chi connectivity index (χ0v) is 16.8. The second-order valence-corrected chi connectivity index (χ2v) is 7.40. The number of H-pyrrole nitrogens is 1. The third-order valence-electron chi connectivity index (χ3n) is 5.24. The zero-order chi connectivity index (χ0) is 22.1. The van der Waals surface area contributed by atoms with Gasteiger partial charge in [0.15, 0.2) is 0 Å². The maximum atomic E-state index is 14.1. The fraction of sp³-hybridized carbons (Fsp3) is 0.0400. The van der Waals surface area contributed by atoms with Crippen LogP contribution in [0.25, 0.3) is 22.2 Å². The van der Waals surface area contributed by atoms with Crippen molar-refractivity contribution in [3.8, 4) is 11.3 Å². The number of aromatic nitrogens is 3. The van der Waals surface area contributed by atoms with Crippen LogP contribution in [-0.4, -0.2) is 20.4 Å². The molecule has 0 atom stereocenters. The lowest BCUT2D eigenvalue weighted by atomic mass is 10.1. The van der Waals surface area contributed by atoms with E-state index in [0.29, 0.717) is 34.5 Å². The number of amides is 1. The summed E-state index contributed by atoms with van der Waals surface area (Å²) >= 11 is 0. The smallest absolute Gasteiger partial charge is 0.273 e. The monoisotopic (exact) mass is 428 g/mol. The molecule has 0 bridgehead atoms. The summed E-state index contributed by atoms with van der Waals surface area (Å²) in [6.07, 6.45) is 1.63. The van der Waals surface area contributed by atoms with Crippen LogP contribution >= 0.6 is 0 Å². The van der Waals surface area contributed by atoms with Gasteiger partial charge >= 0.3 is 0 Å². The first-order chi connectivity index (χ1) is 15.6. The number of hydrogen-bond acceptors (Lipinski definition) is 2. The van der Waals surface area contributed by atoms with E-state index in [-0.39, 0.29) is 11.5 Å². The highest BCUT2D eigenvalue weighted by atomic mass is 19.1. The minimum absolute atomic E-state index is 0.225. The van der Waals surface area contributed by atoms with E-state index in [0.717, 1.165) is 5.56 Å². The number of carbonyl (C=O) groups excluding carboxylic acids is 1. The average Bonchev–Trinajstić information content (AvgIpc) is 3.41. The Labute approximate surface area is 182 Å². The molecule has 5 aromatic rings. The van der Waals surface area contributed by atoms with Gasteiger partial charge in [-0.1, -0.05) is 36.4 Å². The largest absolute Gasteiger partial charge is 0.350 e. The number of halogens is 2. The molecule has 0 aliphatic heterocycles. The molecule has 5 rings (SSSR count). The van der Waals surface area contributed by atoms with E-state index in [1.807, 2.05) is 34.9 Å². The number of aromatic amines is 1. The van der Waals surface area contributed by atoms with Gasteiger partial charge in [-0.3, -0.25) is 4.79 Å². The number of benzene rings is 3. The second-order valence-electron chi connectivity index (χ2n) is 7.40. The summed E-state index contributed by atoms with van der Waals surface area (Å²) in [7, 11) is 0. The first-order valence-electron chi connectivity index (χ1n) is 10.0. The summed E-state index contributed by atoms with van der Waals surface area (Å²) in [6.45, 7) is 0.478. The fourth-order valence-electron chi connectivity index (χ4n) is 3.65. The molecule has 0 saturated heterocycles. The quantitative estimate of drug-likeness (QED) is 0.382. The van der Waals surface area contributed by atoms with Gasteiger partial charge in [0.25, 0.3) is 5.91 Å². The molecule has 2 aromatic heterocycles. The molecule has 0 aliphatic rings. The average molecular weight is 428 g/mol. The number of rotatable bonds is 5. The molecule has 5 nitrogen and oxygen atoms in total. The molecule has 1 amide bonds. The van der Waals surface area contributed by atoms with E-state index in [2.05, 4.69) is 15.3 Å². The molecule has 0 spiro atoms. The van der Waals surface area contributed by atoms with Gasteiger partial charge in [0, 0.05) is 16.5 Å². The first-order valence-corrected chi connectivity index (χ1v) is 10.0. The maximum Gasteiger partial charge on any atom is 0.273 e. The molecule has 2 N–H and O–H groups in total. The van der Waals surface area contributed by atoms with E-state index in [4.69, 9.17) is 0 Å². The van der Waals surface area contributed by atoms with E-state index in [1.54, 1.807) is 30.6 Å². The van der Waals surface area contributed by atoms with Crippen LogP contribution < -0.4 is 5.32 Å². The Bertz CT molecular complexity index is 1410. The van der Waals surface area contributed by atoms with Crippen LogP contribution in [0.2, 0.25) is 0 Å². The summed E-state index contributed by atoms with van der Waals surface area (Å²) in [5.74, 6) is -0.731. The van der Waals surface area contributed by atoms with Gasteiger partial charge in [-0.2, -0.15) is 0 Å². The Morgan fingerprint density at radius 3 is 2.50 bits per heavy atom. The summed E-state index contributed by atoms with van der Waals surface area (Å²) in [5, 5.41) is 3.25. The van der Waals surface area contributed by atoms with Gasteiger partial charge < -0.3 is 14.9 Å². The zero-order valence-electron chi connectivity index (χ0n) is 16.8. The number of nitrogens with one attached hydrogen (secondary N) is 2. The minimum Gasteiger partial charge on any atom is -0.350 e. The maximum absolute atomic E-state index is 14.1. The van der Waals surface area contributed by atoms with Gasteiger partial charge in [0.05, 0.1) is 12.9 Å². The Kier molecular flexibility index (Phi) is 4.99. The third kappa shape index (κ3) is 3.76. The highest BCUT2D eigenvalue weighted by molar-refractivity contribution is 6.07. The van der Waals surface area contributed by atoms with Crippen molar-refractivity contribution in [2.45, 2.75) is 6.54 Å². The van der Waals surface area contributed by atoms with E-state index >= 15 is 0 Å². The third-order valence-corrected chi connectivity index (χ3v) is 5.24. The predicted molar refractivity (Wildman–Crippen MR) is 119 cm³/mol. The molecule has 0 radical (unpaired) electrons. The topological polar surface area (TPSA) is 62.7 Å². The van der Waals surface area contributed by atoms with Crippen molar-refractivity contribution in [3.05, 3.63) is 108 Å². The van der Waals surface area contributed by atoms with Crippen LogP contribution in [0.5, 0.6) is 0 Å². The lowest BCUT2D eigenvalue weighted by Gasteiger charge is -2.11. The summed E-state index contributed by atoms with van der Waals surface area (Å²) in [6, 6.07) is 21.8. The summed E-state index contributed by atoms with van der Waals surface area (Å²) < 4.78 is 29.3. The Morgan fingerprint density at radius 2 is 1.75 bits per heavy atom. The molecular weight excluding hydrogens is 410 g/mol. The van der Waals surface area contributed by atoms with Crippen molar-refractivity contribution < 1.29 is 13.6 Å². The second kappa shape index (κ2) is 8.11. The Balaban J connectivity index is 1.53. The van der Waals surface area contributed by atoms with E-state index in [1.165, 1.54) is 24.3 Å². The Morgan fingerprint density at radius 1 is 0.969 bits per heavy atom. The molecule has 0 aliphatic carbocycles. The highest BCUT2D eigenvalue weighted by Crippen LogP contribution is 2.28. The molecule has 158 valence electrons. The molecule has 7 heteroatoms. The van der Waals surface area contributed by atoms with E-state index < -0.39 is 11.7 Å². The summed E-state index contributed by atoms with van der Waals surface area (Å²) in [5.41, 5.74) is 2.96. The molecule has 0 unspecified atom stereocenters. The van der Waals surface area contributed by atoms with Crippen LogP contribution in [0, 0.1) is 11.6 Å². The molecule has 2 heterocycles. The van der Waals surface area contributed by atoms with Crippen LogP contribution in [0.4, 0.5) is 14.6 Å². The van der Waals surface area contributed by atoms with Crippen molar-refractivity contribution in [2.75, 3.05) is 5.32 Å². The van der Waals surface area contributed by atoms with E-state index in [9.17, 15) is 13.6 Å². The molecule has 0 fully saturated rings. The predicted octanol–water partition coefficient (Wildman–Crippen LogP) is 5.61. The SMILES string of the molecule is O=C(Nc1c(-c2ccc(F)cc2)ncn1Cc1ccccc1)c1cc2c(F)cccc2[nH]1. The number of imidazole rings is 1. The van der Waals surface area contributed by atoms with Crippen molar-refractivity contribution in [2.24, 2.45) is 0 Å². The molecule has 32 heavy (non-hydrogen) atoms. The van der Waals surface area contributed by atoms with Gasteiger partial charge in [-0.25, -0.2) is 13.8 Å². The standard InChI is InChI=1S/C25H18F2N4O/c26-18-11-9-17(10-12-18)23-24(31(15-28-23)14-16-5-2-1-3-6-16)30-25(32)22-13-19-20(27)7-4-8-21(19)29-22/h1-13,15,29H,14H2,(H,30,32). The normalized spacial score (nSPS) is 11.1. The summed E-state index contributed by atoms with van der Waals surface area (Å²) in [4.78, 5) is 20.5. The molecule has 0 saturated carbocycles. The van der Waals surface area contributed by atoms with Crippen molar-refractivity contribution >= 4 is 22.6 Å². The van der Waals surface area contributed by atoms with Crippen LogP contribution in [0.1, 0.15) is 16.1 Å². The lowest BCUT2D eigenvalue weighted by Crippen LogP contribution is -2.16. The number of fused-ring (bicyclic) bond motifs is 1. The van der Waals surface area contributed by atoms with Gasteiger partial charge in [-0.15, -0.1) is 0 Å². The van der Waals surface area contributed by atoms with Crippen LogP contribution in [-0.2, 0) is 6.54 Å². The van der Waals surface area contributed by atoms with Crippen molar-refractivity contribution in [1.82, 2.24) is 14.5 Å². The molecule has 3 aromatic carbocycles. The number of carbonyl (C=O) groups is 1. The first kappa shape index (κ1) is 19.7. The van der Waals surface area contributed by atoms with Gasteiger partial charge in [-0.05, 0) is 48.0 Å².